The highest BCUT2D eigenvalue weighted by atomic mass is 32.2. The zero-order valence-corrected chi connectivity index (χ0v) is 17.3. The van der Waals surface area contributed by atoms with Gasteiger partial charge in [-0.05, 0) is 24.1 Å². The first-order valence-electron chi connectivity index (χ1n) is 9.12. The lowest BCUT2D eigenvalue weighted by Gasteiger charge is -2.23. The van der Waals surface area contributed by atoms with E-state index in [9.17, 15) is 34.8 Å². The number of hydrogen-bond acceptors (Lipinski definition) is 3. The lowest BCUT2D eigenvalue weighted by Crippen LogP contribution is -2.29. The normalized spacial score (nSPS) is 18.0. The second-order valence-corrected chi connectivity index (χ2v) is 9.34. The van der Waals surface area contributed by atoms with Gasteiger partial charge in [-0.25, -0.2) is 13.4 Å². The summed E-state index contributed by atoms with van der Waals surface area (Å²) in [5.41, 5.74) is -2.23. The first kappa shape index (κ1) is 23.1. The number of halogens is 6. The van der Waals surface area contributed by atoms with Gasteiger partial charge < -0.3 is 4.57 Å². The fourth-order valence-electron chi connectivity index (χ4n) is 3.43. The van der Waals surface area contributed by atoms with Crippen LogP contribution in [-0.4, -0.2) is 36.1 Å². The van der Waals surface area contributed by atoms with Gasteiger partial charge in [0.05, 0.1) is 26.9 Å². The quantitative estimate of drug-likeness (QED) is 0.644. The van der Waals surface area contributed by atoms with Gasteiger partial charge in [-0.1, -0.05) is 25.7 Å². The molecule has 3 rings (SSSR count). The van der Waals surface area contributed by atoms with E-state index in [1.165, 1.54) is 24.6 Å². The van der Waals surface area contributed by atoms with Crippen molar-refractivity contribution in [1.29, 1.82) is 0 Å². The molecule has 0 aromatic carbocycles. The largest absolute Gasteiger partial charge is 0.416 e. The summed E-state index contributed by atoms with van der Waals surface area (Å²) in [6, 6.07) is 0. The minimum absolute atomic E-state index is 0.0461. The number of imidazole rings is 1. The number of aromatic nitrogens is 2. The second kappa shape index (κ2) is 7.54. The lowest BCUT2D eigenvalue weighted by atomic mass is 9.92. The van der Waals surface area contributed by atoms with Crippen LogP contribution in [0.1, 0.15) is 25.6 Å². The number of nitrogens with zero attached hydrogens (tertiary/aromatic N) is 2. The van der Waals surface area contributed by atoms with Gasteiger partial charge in [-0.3, -0.25) is 0 Å². The van der Waals surface area contributed by atoms with Crippen LogP contribution in [-0.2, 0) is 16.9 Å². The fourth-order valence-corrected chi connectivity index (χ4v) is 4.61. The highest BCUT2D eigenvalue weighted by Crippen LogP contribution is 2.42. The van der Waals surface area contributed by atoms with Gasteiger partial charge in [0, 0.05) is 24.6 Å². The third kappa shape index (κ3) is 4.28. The first-order valence-corrected chi connectivity index (χ1v) is 10.8. The summed E-state index contributed by atoms with van der Waals surface area (Å²) in [5.74, 6) is -0.528. The van der Waals surface area contributed by atoms with Crippen LogP contribution in [0.25, 0.3) is 17.7 Å². The number of allylic oxidation sites excluding steroid dienone is 6. The van der Waals surface area contributed by atoms with Crippen molar-refractivity contribution in [2.75, 3.05) is 5.75 Å². The van der Waals surface area contributed by atoms with E-state index in [4.69, 9.17) is 0 Å². The summed E-state index contributed by atoms with van der Waals surface area (Å²) in [4.78, 5) is 3.59. The van der Waals surface area contributed by atoms with E-state index in [0.717, 1.165) is 12.2 Å². The van der Waals surface area contributed by atoms with Crippen LogP contribution >= 0.6 is 0 Å². The van der Waals surface area contributed by atoms with Crippen LogP contribution in [0.2, 0.25) is 0 Å². The van der Waals surface area contributed by atoms with Gasteiger partial charge in [0.1, 0.15) is 5.82 Å². The maximum Gasteiger partial charge on any atom is 0.416 e. The second-order valence-electron chi connectivity index (χ2n) is 7.10. The predicted octanol–water partition coefficient (Wildman–Crippen LogP) is 3.47. The number of fused-ring (bicyclic) bond motifs is 1. The maximum atomic E-state index is 13.3. The van der Waals surface area contributed by atoms with Crippen LogP contribution in [0.5, 0.6) is 0 Å². The number of alkyl halides is 6. The van der Waals surface area contributed by atoms with Crippen LogP contribution in [0.15, 0.2) is 40.4 Å². The molecule has 2 aliphatic carbocycles. The third-order valence-electron chi connectivity index (χ3n) is 5.05. The minimum Gasteiger partial charge on any atom is -0.327 e. The van der Waals surface area contributed by atoms with E-state index in [1.807, 2.05) is 0 Å². The maximum absolute atomic E-state index is 13.3. The average molecular weight is 464 g/mol. The van der Waals surface area contributed by atoms with Crippen LogP contribution in [0.3, 0.4) is 0 Å². The standard InChI is InChI=1S/C20H18F6N2O2S/c1-4-31(29,30)16-10-13(20(24,25)26)8-11(2)17(16)18-27-14-9-12(19(21,22)23)6-5-7-15(14)28(18)3/h6-7,9-10H,2,4-5,8H2,1,3H3. The lowest BCUT2D eigenvalue weighted by molar-refractivity contribution is -0.0932. The molecule has 0 spiro atoms. The zero-order valence-electron chi connectivity index (χ0n) is 16.5. The molecule has 0 aliphatic heterocycles. The van der Waals surface area contributed by atoms with Crippen molar-refractivity contribution in [2.24, 2.45) is 7.05 Å². The first-order chi connectivity index (χ1) is 14.2. The van der Waals surface area contributed by atoms with E-state index in [1.54, 1.807) is 0 Å². The molecule has 2 aliphatic rings. The summed E-state index contributed by atoms with van der Waals surface area (Å²) in [6.07, 6.45) is -6.19. The molecule has 0 N–H and O–H groups in total. The monoisotopic (exact) mass is 464 g/mol. The minimum atomic E-state index is -4.75. The van der Waals surface area contributed by atoms with E-state index in [2.05, 4.69) is 11.6 Å². The van der Waals surface area contributed by atoms with Gasteiger partial charge >= 0.3 is 12.4 Å². The Bertz CT molecular complexity index is 1270. The smallest absolute Gasteiger partial charge is 0.327 e. The average Bonchev–Trinajstić information content (AvgIpc) is 2.81. The molecule has 0 amide bonds. The molecule has 1 aromatic rings. The molecule has 11 heteroatoms. The highest BCUT2D eigenvalue weighted by Gasteiger charge is 2.39. The molecule has 0 saturated carbocycles. The third-order valence-corrected chi connectivity index (χ3v) is 6.80. The Morgan fingerprint density at radius 3 is 2.29 bits per heavy atom. The van der Waals surface area contributed by atoms with E-state index >= 15 is 0 Å². The zero-order chi connectivity index (χ0) is 23.4. The van der Waals surface area contributed by atoms with Crippen molar-refractivity contribution < 1.29 is 34.8 Å². The Hall–Kier alpha value is -2.56. The summed E-state index contributed by atoms with van der Waals surface area (Å²) in [6.45, 7) is 4.91. The van der Waals surface area contributed by atoms with Crippen molar-refractivity contribution in [3.63, 3.8) is 0 Å². The predicted molar refractivity (Wildman–Crippen MR) is 104 cm³/mol. The number of sulfone groups is 1. The van der Waals surface area contributed by atoms with Crippen molar-refractivity contribution in [3.05, 3.63) is 56.9 Å². The summed E-state index contributed by atoms with van der Waals surface area (Å²) >= 11 is 0. The molecule has 168 valence electrons. The Morgan fingerprint density at radius 2 is 1.74 bits per heavy atom. The molecule has 31 heavy (non-hydrogen) atoms. The van der Waals surface area contributed by atoms with E-state index in [0.29, 0.717) is 11.4 Å². The van der Waals surface area contributed by atoms with Gasteiger partial charge in [0.15, 0.2) is 9.84 Å². The Morgan fingerprint density at radius 1 is 1.10 bits per heavy atom. The molecule has 0 bridgehead atoms. The van der Waals surface area contributed by atoms with E-state index in [-0.39, 0.29) is 28.7 Å². The molecular formula is C20H18F6N2O2S. The molecule has 4 nitrogen and oxygen atoms in total. The SMILES string of the molecule is C=C1CC(C(F)(F)F)=CC(S(=O)(=O)CC)=C1c1nc2c(n1C)=CCC=C(C(F)(F)F)C=2. The van der Waals surface area contributed by atoms with Crippen molar-refractivity contribution in [2.45, 2.75) is 32.1 Å². The number of hydrogen-bond donors (Lipinski definition) is 0. The highest BCUT2D eigenvalue weighted by molar-refractivity contribution is 7.95. The molecule has 0 saturated heterocycles. The van der Waals surface area contributed by atoms with Gasteiger partial charge in [-0.2, -0.15) is 26.3 Å². The van der Waals surface area contributed by atoms with Gasteiger partial charge in [-0.15, -0.1) is 0 Å². The Labute approximate surface area is 174 Å². The Balaban J connectivity index is 2.36. The topological polar surface area (TPSA) is 52.0 Å². The van der Waals surface area contributed by atoms with E-state index < -0.39 is 50.4 Å². The van der Waals surface area contributed by atoms with Crippen LogP contribution < -0.4 is 10.7 Å². The van der Waals surface area contributed by atoms with Gasteiger partial charge in [0.25, 0.3) is 0 Å². The molecular weight excluding hydrogens is 446 g/mol. The molecule has 0 radical (unpaired) electrons. The van der Waals surface area contributed by atoms with Gasteiger partial charge in [0.2, 0.25) is 0 Å². The fraction of sp³-hybridized carbons (Fsp3) is 0.350. The molecule has 0 atom stereocenters. The Kier molecular flexibility index (Phi) is 5.62. The van der Waals surface area contributed by atoms with Crippen molar-refractivity contribution >= 4 is 27.6 Å². The molecule has 1 heterocycles. The molecule has 0 fully saturated rings. The summed E-state index contributed by atoms with van der Waals surface area (Å²) in [5, 5.41) is 0.238. The molecule has 0 unspecified atom stereocenters. The molecule has 1 aromatic heterocycles. The van der Waals surface area contributed by atoms with Crippen molar-refractivity contribution in [3.8, 4) is 0 Å². The number of rotatable bonds is 3. The van der Waals surface area contributed by atoms with Crippen molar-refractivity contribution in [1.82, 2.24) is 9.55 Å². The van der Waals surface area contributed by atoms with Crippen LogP contribution in [0.4, 0.5) is 26.3 Å². The summed E-state index contributed by atoms with van der Waals surface area (Å²) in [7, 11) is -2.66. The summed E-state index contributed by atoms with van der Waals surface area (Å²) < 4.78 is 106. The van der Waals surface area contributed by atoms with Crippen LogP contribution in [0, 0.1) is 0 Å².